The van der Waals surface area contributed by atoms with Crippen molar-refractivity contribution in [3.05, 3.63) is 30.1 Å². The van der Waals surface area contributed by atoms with Crippen molar-refractivity contribution in [2.24, 2.45) is 11.7 Å². The fourth-order valence-corrected chi connectivity index (χ4v) is 4.16. The van der Waals surface area contributed by atoms with Crippen LogP contribution in [0.25, 0.3) is 0 Å². The number of pyridine rings is 1. The molecular weight excluding hydrogens is 411 g/mol. The largest absolute Gasteiger partial charge is 0.377 e. The maximum atomic E-state index is 12.7. The molecule has 0 unspecified atom stereocenters. The molecule has 3 N–H and O–H groups in total. The summed E-state index contributed by atoms with van der Waals surface area (Å²) in [5.41, 5.74) is 7.43. The zero-order valence-corrected chi connectivity index (χ0v) is 18.9. The molecule has 1 aliphatic carbocycles. The first-order valence-corrected chi connectivity index (χ1v) is 10.4. The number of hydrogen-bond donors (Lipinski definition) is 2. The molecule has 3 atom stereocenters. The molecule has 29 heavy (non-hydrogen) atoms. The van der Waals surface area contributed by atoms with E-state index in [4.69, 9.17) is 10.5 Å². The fraction of sp³-hybridized carbons (Fsp3) is 0.714. The minimum absolute atomic E-state index is 0. The lowest BCUT2D eigenvalue weighted by Crippen LogP contribution is -2.49. The average Bonchev–Trinajstić information content (AvgIpc) is 2.69. The maximum absolute atomic E-state index is 12.7. The van der Waals surface area contributed by atoms with Crippen LogP contribution in [-0.4, -0.2) is 53.7 Å². The Balaban J connectivity index is 0.00000210. The second kappa shape index (κ2) is 13.4. The Bertz CT molecular complexity index is 585. The number of hydrogen-bond acceptors (Lipinski definition) is 5. The van der Waals surface area contributed by atoms with Crippen LogP contribution in [0.3, 0.4) is 0 Å². The van der Waals surface area contributed by atoms with Crippen LogP contribution < -0.4 is 11.1 Å². The van der Waals surface area contributed by atoms with Gasteiger partial charge in [0, 0.05) is 56.6 Å². The van der Waals surface area contributed by atoms with Gasteiger partial charge in [-0.1, -0.05) is 13.0 Å². The number of rotatable bonds is 7. The van der Waals surface area contributed by atoms with Crippen molar-refractivity contribution in [3.63, 3.8) is 0 Å². The molecule has 1 amide bonds. The van der Waals surface area contributed by atoms with Gasteiger partial charge in [0.25, 0.3) is 0 Å². The highest BCUT2D eigenvalue weighted by Gasteiger charge is 2.33. The number of amides is 1. The fourth-order valence-electron chi connectivity index (χ4n) is 4.16. The third-order valence-corrected chi connectivity index (χ3v) is 5.81. The Morgan fingerprint density at radius 1 is 1.28 bits per heavy atom. The topological polar surface area (TPSA) is 80.5 Å². The molecule has 0 aromatic carbocycles. The van der Waals surface area contributed by atoms with Gasteiger partial charge in [-0.3, -0.25) is 14.7 Å². The van der Waals surface area contributed by atoms with E-state index in [1.54, 1.807) is 6.20 Å². The van der Waals surface area contributed by atoms with Crippen LogP contribution in [0, 0.1) is 5.92 Å². The van der Waals surface area contributed by atoms with Gasteiger partial charge in [0.15, 0.2) is 0 Å². The number of ether oxygens (including phenoxy) is 1. The molecule has 1 saturated heterocycles. The van der Waals surface area contributed by atoms with E-state index in [0.29, 0.717) is 0 Å². The van der Waals surface area contributed by atoms with E-state index in [9.17, 15) is 4.79 Å². The molecule has 1 aromatic heterocycles. The molecule has 3 rings (SSSR count). The Labute approximate surface area is 187 Å². The lowest BCUT2D eigenvalue weighted by molar-refractivity contribution is -0.129. The number of carbonyl (C=O) groups is 1. The first-order valence-electron chi connectivity index (χ1n) is 10.4. The number of carbonyl (C=O) groups excluding carboxylic acids is 1. The molecule has 6 nitrogen and oxygen atoms in total. The summed E-state index contributed by atoms with van der Waals surface area (Å²) >= 11 is 0. The first kappa shape index (κ1) is 26.1. The summed E-state index contributed by atoms with van der Waals surface area (Å²) in [6.45, 7) is 5.78. The van der Waals surface area contributed by atoms with E-state index in [-0.39, 0.29) is 54.8 Å². The Morgan fingerprint density at radius 2 is 2.03 bits per heavy atom. The Hall–Kier alpha value is -0.920. The molecule has 1 aliphatic heterocycles. The van der Waals surface area contributed by atoms with Gasteiger partial charge in [-0.05, 0) is 50.2 Å². The quantitative estimate of drug-likeness (QED) is 0.672. The van der Waals surface area contributed by atoms with Gasteiger partial charge in [0.2, 0.25) is 5.91 Å². The Kier molecular flexibility index (Phi) is 12.1. The van der Waals surface area contributed by atoms with Gasteiger partial charge < -0.3 is 15.8 Å². The van der Waals surface area contributed by atoms with E-state index in [1.807, 2.05) is 12.3 Å². The number of halogens is 2. The molecule has 0 bridgehead atoms. The normalized spacial score (nSPS) is 25.5. The van der Waals surface area contributed by atoms with Gasteiger partial charge in [0.1, 0.15) is 0 Å². The second-order valence-corrected chi connectivity index (χ2v) is 8.00. The zero-order chi connectivity index (χ0) is 19.1. The third-order valence-electron chi connectivity index (χ3n) is 5.81. The molecule has 2 heterocycles. The number of piperidine rings is 1. The van der Waals surface area contributed by atoms with Crippen molar-refractivity contribution >= 4 is 30.7 Å². The number of nitrogens with one attached hydrogen (secondary N) is 1. The first-order chi connectivity index (χ1) is 13.2. The van der Waals surface area contributed by atoms with E-state index in [1.165, 1.54) is 5.56 Å². The highest BCUT2D eigenvalue weighted by atomic mass is 35.5. The van der Waals surface area contributed by atoms with Crippen LogP contribution >= 0.6 is 24.8 Å². The summed E-state index contributed by atoms with van der Waals surface area (Å²) in [6.07, 6.45) is 9.26. The van der Waals surface area contributed by atoms with Crippen molar-refractivity contribution in [2.75, 3.05) is 19.7 Å². The predicted octanol–water partition coefficient (Wildman–Crippen LogP) is 2.93. The van der Waals surface area contributed by atoms with Gasteiger partial charge in [-0.15, -0.1) is 24.8 Å². The van der Waals surface area contributed by atoms with Crippen molar-refractivity contribution in [2.45, 2.75) is 70.2 Å². The van der Waals surface area contributed by atoms with Crippen LogP contribution in [0.2, 0.25) is 0 Å². The van der Waals surface area contributed by atoms with Crippen molar-refractivity contribution in [3.8, 4) is 0 Å². The number of nitrogens with two attached hydrogens (primary N) is 1. The molecule has 2 fully saturated rings. The van der Waals surface area contributed by atoms with Gasteiger partial charge in [-0.25, -0.2) is 0 Å². The van der Waals surface area contributed by atoms with Crippen LogP contribution in [-0.2, 0) is 16.1 Å². The second-order valence-electron chi connectivity index (χ2n) is 8.00. The van der Waals surface area contributed by atoms with Crippen LogP contribution in [0.1, 0.15) is 51.0 Å². The van der Waals surface area contributed by atoms with Crippen molar-refractivity contribution in [1.29, 1.82) is 0 Å². The number of nitrogens with zero attached hydrogens (tertiary/aromatic N) is 2. The summed E-state index contributed by atoms with van der Waals surface area (Å²) < 4.78 is 5.87. The maximum Gasteiger partial charge on any atom is 0.223 e. The van der Waals surface area contributed by atoms with Gasteiger partial charge >= 0.3 is 0 Å². The highest BCUT2D eigenvalue weighted by Crippen LogP contribution is 2.27. The summed E-state index contributed by atoms with van der Waals surface area (Å²) in [6, 6.07) is 4.45. The van der Waals surface area contributed by atoms with Gasteiger partial charge in [-0.2, -0.15) is 0 Å². The molecule has 0 spiro atoms. The van der Waals surface area contributed by atoms with E-state index >= 15 is 0 Å². The monoisotopic (exact) mass is 446 g/mol. The molecule has 1 saturated carbocycles. The van der Waals surface area contributed by atoms with Crippen molar-refractivity contribution < 1.29 is 9.53 Å². The molecule has 166 valence electrons. The molecular formula is C21H36Cl2N4O2. The lowest BCUT2D eigenvalue weighted by atomic mass is 9.83. The van der Waals surface area contributed by atoms with Crippen LogP contribution in [0.15, 0.2) is 24.5 Å². The van der Waals surface area contributed by atoms with Gasteiger partial charge in [0.05, 0.1) is 6.10 Å². The van der Waals surface area contributed by atoms with E-state index < -0.39 is 0 Å². The molecule has 1 aromatic rings. The minimum Gasteiger partial charge on any atom is -0.377 e. The molecule has 2 aliphatic rings. The molecule has 0 radical (unpaired) electrons. The zero-order valence-electron chi connectivity index (χ0n) is 17.3. The summed E-state index contributed by atoms with van der Waals surface area (Å²) in [5, 5.41) is 3.29. The standard InChI is InChI=1S/C21H34N4O2.2ClH/c1-2-12-27-20-13-17(5-6-19(20)22)21(26)24-18-7-10-25(11-8-18)15-16-4-3-9-23-14-16;;/h3-4,9,14,17-20H,2,5-8,10-13,15,22H2,1H3,(H,24,26);2*1H/t17-,19+,20+;;/m0../s1. The third kappa shape index (κ3) is 8.02. The SMILES string of the molecule is CCCO[C@@H]1C[C@@H](C(=O)NC2CCN(Cc3cccnc3)CC2)CC[C@H]1N.Cl.Cl. The Morgan fingerprint density at radius 3 is 2.69 bits per heavy atom. The lowest BCUT2D eigenvalue weighted by Gasteiger charge is -2.36. The van der Waals surface area contributed by atoms with Crippen LogP contribution in [0.4, 0.5) is 0 Å². The van der Waals surface area contributed by atoms with E-state index in [2.05, 4.69) is 28.2 Å². The minimum atomic E-state index is 0. The number of aromatic nitrogens is 1. The average molecular weight is 447 g/mol. The van der Waals surface area contributed by atoms with E-state index in [0.717, 1.165) is 64.8 Å². The summed E-state index contributed by atoms with van der Waals surface area (Å²) in [5.74, 6) is 0.234. The van der Waals surface area contributed by atoms with Crippen molar-refractivity contribution in [1.82, 2.24) is 15.2 Å². The number of likely N-dealkylation sites (tertiary alicyclic amines) is 1. The molecule has 8 heteroatoms. The smallest absolute Gasteiger partial charge is 0.223 e. The summed E-state index contributed by atoms with van der Waals surface area (Å²) in [4.78, 5) is 19.4. The predicted molar refractivity (Wildman–Crippen MR) is 121 cm³/mol. The highest BCUT2D eigenvalue weighted by molar-refractivity contribution is 5.85. The van der Waals surface area contributed by atoms with Crippen LogP contribution in [0.5, 0.6) is 0 Å². The summed E-state index contributed by atoms with van der Waals surface area (Å²) in [7, 11) is 0.